The van der Waals surface area contributed by atoms with Gasteiger partial charge in [0.1, 0.15) is 5.82 Å². The number of carbonyl (C=O) groups excluding carboxylic acids is 1. The maximum Gasteiger partial charge on any atom is 0.224 e. The van der Waals surface area contributed by atoms with E-state index < -0.39 is 0 Å². The molecule has 2 fully saturated rings. The lowest BCUT2D eigenvalue weighted by molar-refractivity contribution is -0.135. The molecule has 0 aromatic carbocycles. The molecule has 1 amide bonds. The largest absolute Gasteiger partial charge is 0.354 e. The predicted octanol–water partition coefficient (Wildman–Crippen LogP) is 1.18. The first-order chi connectivity index (χ1) is 12.2. The molecule has 25 heavy (non-hydrogen) atoms. The third-order valence-electron chi connectivity index (χ3n) is 5.56. The van der Waals surface area contributed by atoms with Crippen LogP contribution in [-0.2, 0) is 4.79 Å². The first kappa shape index (κ1) is 18.1. The molecule has 2 N–H and O–H groups in total. The number of anilines is 1. The predicted molar refractivity (Wildman–Crippen MR) is 100 cm³/mol. The highest BCUT2D eigenvalue weighted by Crippen LogP contribution is 2.22. The zero-order valence-corrected chi connectivity index (χ0v) is 15.3. The van der Waals surface area contributed by atoms with Crippen LogP contribution in [0.5, 0.6) is 0 Å². The van der Waals surface area contributed by atoms with E-state index in [0.717, 1.165) is 57.9 Å². The van der Waals surface area contributed by atoms with Gasteiger partial charge in [-0.2, -0.15) is 0 Å². The quantitative estimate of drug-likeness (QED) is 0.868. The number of rotatable bonds is 5. The van der Waals surface area contributed by atoms with Crippen molar-refractivity contribution in [2.24, 2.45) is 11.7 Å². The highest BCUT2D eigenvalue weighted by atomic mass is 16.2. The Kier molecular flexibility index (Phi) is 6.26. The van der Waals surface area contributed by atoms with Crippen LogP contribution in [0.2, 0.25) is 0 Å². The Morgan fingerprint density at radius 3 is 2.72 bits per heavy atom. The van der Waals surface area contributed by atoms with Gasteiger partial charge in [-0.3, -0.25) is 9.69 Å². The summed E-state index contributed by atoms with van der Waals surface area (Å²) in [6.45, 7) is 8.47. The molecular weight excluding hydrogens is 314 g/mol. The van der Waals surface area contributed by atoms with Crippen LogP contribution in [0.25, 0.3) is 0 Å². The molecule has 6 nitrogen and oxygen atoms in total. The molecule has 0 aliphatic carbocycles. The summed E-state index contributed by atoms with van der Waals surface area (Å²) in [5, 5.41) is 0. The fourth-order valence-electron chi connectivity index (χ4n) is 3.94. The van der Waals surface area contributed by atoms with Crippen molar-refractivity contribution in [1.29, 1.82) is 0 Å². The second kappa shape index (κ2) is 8.63. The van der Waals surface area contributed by atoms with Crippen LogP contribution < -0.4 is 10.6 Å². The van der Waals surface area contributed by atoms with Gasteiger partial charge in [0.15, 0.2) is 0 Å². The second-order valence-electron chi connectivity index (χ2n) is 7.37. The number of carbonyl (C=O) groups is 1. The molecule has 2 aliphatic heterocycles. The number of hydrogen-bond acceptors (Lipinski definition) is 5. The Hall–Kier alpha value is -1.66. The Bertz CT molecular complexity index is 544. The van der Waals surface area contributed by atoms with Crippen LogP contribution in [0, 0.1) is 5.92 Å². The van der Waals surface area contributed by atoms with Gasteiger partial charge in [-0.25, -0.2) is 4.98 Å². The van der Waals surface area contributed by atoms with Crippen molar-refractivity contribution >= 4 is 11.7 Å². The highest BCUT2D eigenvalue weighted by Gasteiger charge is 2.29. The molecule has 6 heteroatoms. The summed E-state index contributed by atoms with van der Waals surface area (Å²) in [5.41, 5.74) is 5.89. The van der Waals surface area contributed by atoms with Crippen molar-refractivity contribution in [3.8, 4) is 0 Å². The first-order valence-corrected chi connectivity index (χ1v) is 9.55. The lowest BCUT2D eigenvalue weighted by atomic mass is 9.92. The minimum Gasteiger partial charge on any atom is -0.354 e. The number of likely N-dealkylation sites (tertiary alicyclic amines) is 1. The van der Waals surface area contributed by atoms with E-state index in [0.29, 0.717) is 18.9 Å². The van der Waals surface area contributed by atoms with Gasteiger partial charge in [-0.15, -0.1) is 0 Å². The number of pyridine rings is 1. The molecule has 2 aliphatic rings. The van der Waals surface area contributed by atoms with Crippen molar-refractivity contribution in [3.63, 3.8) is 0 Å². The van der Waals surface area contributed by atoms with Crippen molar-refractivity contribution in [3.05, 3.63) is 24.4 Å². The van der Waals surface area contributed by atoms with Crippen LogP contribution in [-0.4, -0.2) is 72.5 Å². The number of piperidine rings is 1. The molecule has 1 aromatic rings. The SMILES string of the molecule is CC1CCN(C(=O)CCN2CCN(c3ccccn3)CC2)C(CN)C1. The second-order valence-corrected chi connectivity index (χ2v) is 7.37. The Morgan fingerprint density at radius 1 is 1.24 bits per heavy atom. The van der Waals surface area contributed by atoms with Crippen molar-refractivity contribution < 1.29 is 4.79 Å². The van der Waals surface area contributed by atoms with E-state index in [4.69, 9.17) is 5.73 Å². The van der Waals surface area contributed by atoms with Crippen LogP contribution in [0.15, 0.2) is 24.4 Å². The van der Waals surface area contributed by atoms with Gasteiger partial charge < -0.3 is 15.5 Å². The smallest absolute Gasteiger partial charge is 0.224 e. The van der Waals surface area contributed by atoms with Gasteiger partial charge in [-0.05, 0) is 30.9 Å². The molecule has 0 bridgehead atoms. The summed E-state index contributed by atoms with van der Waals surface area (Å²) in [7, 11) is 0. The number of aromatic nitrogens is 1. The standard InChI is InChI=1S/C19H31N5O/c1-16-5-9-24(17(14-16)15-20)19(25)6-8-22-10-12-23(13-11-22)18-4-2-3-7-21-18/h2-4,7,16-17H,5-6,8-15,20H2,1H3. The number of nitrogens with zero attached hydrogens (tertiary/aromatic N) is 4. The van der Waals surface area contributed by atoms with E-state index in [1.54, 1.807) is 0 Å². The molecule has 0 radical (unpaired) electrons. The van der Waals surface area contributed by atoms with Crippen LogP contribution in [0.1, 0.15) is 26.2 Å². The summed E-state index contributed by atoms with van der Waals surface area (Å²) >= 11 is 0. The monoisotopic (exact) mass is 345 g/mol. The zero-order chi connectivity index (χ0) is 17.6. The number of piperazine rings is 1. The van der Waals surface area contributed by atoms with E-state index >= 15 is 0 Å². The molecule has 3 rings (SSSR count). The highest BCUT2D eigenvalue weighted by molar-refractivity contribution is 5.76. The number of amides is 1. The summed E-state index contributed by atoms with van der Waals surface area (Å²) in [4.78, 5) is 23.8. The van der Waals surface area contributed by atoms with Gasteiger partial charge in [0.25, 0.3) is 0 Å². The molecule has 0 saturated carbocycles. The maximum atomic E-state index is 12.6. The summed E-state index contributed by atoms with van der Waals surface area (Å²) in [5.74, 6) is 2.00. The molecular formula is C19H31N5O. The number of hydrogen-bond donors (Lipinski definition) is 1. The first-order valence-electron chi connectivity index (χ1n) is 9.55. The topological polar surface area (TPSA) is 65.7 Å². The molecule has 2 unspecified atom stereocenters. The van der Waals surface area contributed by atoms with Gasteiger partial charge in [-0.1, -0.05) is 13.0 Å². The van der Waals surface area contributed by atoms with Gasteiger partial charge in [0, 0.05) is 64.5 Å². The van der Waals surface area contributed by atoms with Gasteiger partial charge in [0.05, 0.1) is 0 Å². The minimum absolute atomic E-state index is 0.234. The molecule has 2 saturated heterocycles. The molecule has 138 valence electrons. The lowest BCUT2D eigenvalue weighted by Crippen LogP contribution is -2.51. The van der Waals surface area contributed by atoms with E-state index in [2.05, 4.69) is 27.8 Å². The fourth-order valence-corrected chi connectivity index (χ4v) is 3.94. The van der Waals surface area contributed by atoms with Crippen molar-refractivity contribution in [1.82, 2.24) is 14.8 Å². The van der Waals surface area contributed by atoms with Crippen LogP contribution >= 0.6 is 0 Å². The van der Waals surface area contributed by atoms with E-state index in [1.165, 1.54) is 0 Å². The molecule has 2 atom stereocenters. The minimum atomic E-state index is 0.234. The Balaban J connectivity index is 1.43. The van der Waals surface area contributed by atoms with Crippen LogP contribution in [0.3, 0.4) is 0 Å². The van der Waals surface area contributed by atoms with Gasteiger partial charge in [0.2, 0.25) is 5.91 Å². The fraction of sp³-hybridized carbons (Fsp3) is 0.684. The number of nitrogens with two attached hydrogens (primary N) is 1. The third kappa shape index (κ3) is 4.70. The Morgan fingerprint density at radius 2 is 2.04 bits per heavy atom. The van der Waals surface area contributed by atoms with Crippen molar-refractivity contribution in [2.45, 2.75) is 32.2 Å². The average molecular weight is 345 g/mol. The normalized spacial score (nSPS) is 25.2. The Labute approximate surface area is 151 Å². The summed E-state index contributed by atoms with van der Waals surface area (Å²) in [6.07, 6.45) is 4.60. The summed E-state index contributed by atoms with van der Waals surface area (Å²) < 4.78 is 0. The molecule has 1 aromatic heterocycles. The zero-order valence-electron chi connectivity index (χ0n) is 15.3. The van der Waals surface area contributed by atoms with Crippen molar-refractivity contribution in [2.75, 3.05) is 50.7 Å². The third-order valence-corrected chi connectivity index (χ3v) is 5.56. The maximum absolute atomic E-state index is 12.6. The van der Waals surface area contributed by atoms with Crippen LogP contribution in [0.4, 0.5) is 5.82 Å². The van der Waals surface area contributed by atoms with E-state index in [9.17, 15) is 4.79 Å². The van der Waals surface area contributed by atoms with E-state index in [1.807, 2.05) is 23.2 Å². The average Bonchev–Trinajstić information content (AvgIpc) is 2.67. The summed E-state index contributed by atoms with van der Waals surface area (Å²) in [6, 6.07) is 6.27. The lowest BCUT2D eigenvalue weighted by Gasteiger charge is -2.39. The molecule has 3 heterocycles. The van der Waals surface area contributed by atoms with Gasteiger partial charge >= 0.3 is 0 Å². The molecule has 0 spiro atoms. The van der Waals surface area contributed by atoms with E-state index in [-0.39, 0.29) is 11.9 Å².